The van der Waals surface area contributed by atoms with Gasteiger partial charge in [0.1, 0.15) is 22.6 Å². The van der Waals surface area contributed by atoms with Gasteiger partial charge in [-0.2, -0.15) is 4.98 Å². The lowest BCUT2D eigenvalue weighted by molar-refractivity contribution is 0.255. The van der Waals surface area contributed by atoms with Crippen LogP contribution in [0.15, 0.2) is 120 Å². The Labute approximate surface area is 314 Å². The third-order valence-electron chi connectivity index (χ3n) is 12.5. The van der Waals surface area contributed by atoms with E-state index < -0.39 is 0 Å². The molecule has 9 aromatic rings. The Morgan fingerprint density at radius 2 is 1.46 bits per heavy atom. The summed E-state index contributed by atoms with van der Waals surface area (Å²) in [5, 5.41) is 6.59. The van der Waals surface area contributed by atoms with Crippen LogP contribution in [0.1, 0.15) is 54.4 Å². The molecule has 1 atom stereocenters. The molecule has 1 saturated carbocycles. The van der Waals surface area contributed by atoms with Gasteiger partial charge in [0.05, 0.1) is 11.2 Å². The first-order valence-electron chi connectivity index (χ1n) is 19.6. The topological polar surface area (TPSA) is 53.1 Å². The maximum absolute atomic E-state index is 6.85. The fourth-order valence-corrected chi connectivity index (χ4v) is 9.58. The van der Waals surface area contributed by atoms with Crippen LogP contribution in [0.4, 0.5) is 0 Å². The number of ether oxygens (including phenoxy) is 1. The van der Waals surface area contributed by atoms with E-state index in [0.29, 0.717) is 11.6 Å². The van der Waals surface area contributed by atoms with E-state index in [-0.39, 0.29) is 0 Å². The smallest absolute Gasteiger partial charge is 0.221 e. The molecule has 0 bridgehead atoms. The minimum absolute atomic E-state index is 0.538. The van der Waals surface area contributed by atoms with Crippen LogP contribution in [0.25, 0.3) is 71.6 Å². The molecule has 4 heterocycles. The zero-order valence-corrected chi connectivity index (χ0v) is 30.7. The van der Waals surface area contributed by atoms with Gasteiger partial charge in [-0.1, -0.05) is 86.7 Å². The highest BCUT2D eigenvalue weighted by molar-refractivity contribution is 6.17. The van der Waals surface area contributed by atoms with Crippen molar-refractivity contribution in [3.05, 3.63) is 138 Å². The van der Waals surface area contributed by atoms with Gasteiger partial charge < -0.3 is 9.15 Å². The zero-order chi connectivity index (χ0) is 35.9. The van der Waals surface area contributed by atoms with E-state index in [1.54, 1.807) is 0 Å². The summed E-state index contributed by atoms with van der Waals surface area (Å²) >= 11 is 0. The summed E-state index contributed by atoms with van der Waals surface area (Å²) in [6.45, 7) is 4.31. The van der Waals surface area contributed by atoms with Crippen LogP contribution in [0.2, 0.25) is 0 Å². The van der Waals surface area contributed by atoms with E-state index in [1.807, 2.05) is 6.07 Å². The molecule has 54 heavy (non-hydrogen) atoms. The molecule has 4 aromatic heterocycles. The Balaban J connectivity index is 1.06. The number of hydrogen-bond acceptors (Lipinski definition) is 4. The van der Waals surface area contributed by atoms with E-state index in [9.17, 15) is 0 Å². The lowest BCUT2D eigenvalue weighted by Crippen LogP contribution is -2.18. The van der Waals surface area contributed by atoms with Gasteiger partial charge >= 0.3 is 0 Å². The molecule has 0 saturated heterocycles. The first kappa shape index (κ1) is 31.6. The van der Waals surface area contributed by atoms with E-state index in [0.717, 1.165) is 90.9 Å². The van der Waals surface area contributed by atoms with Crippen LogP contribution in [0.3, 0.4) is 0 Å². The number of furan rings is 1. The summed E-state index contributed by atoms with van der Waals surface area (Å²) in [6.07, 6.45) is 11.3. The highest BCUT2D eigenvalue weighted by Crippen LogP contribution is 2.44. The first-order valence-corrected chi connectivity index (χ1v) is 19.6. The molecule has 11 rings (SSSR count). The molecule has 0 spiro atoms. The number of benzene rings is 5. The molecule has 0 radical (unpaired) electrons. The number of hydrogen-bond donors (Lipinski definition) is 0. The third-order valence-corrected chi connectivity index (χ3v) is 12.5. The molecular weight excluding hydrogens is 663 g/mol. The summed E-state index contributed by atoms with van der Waals surface area (Å²) in [6, 6.07) is 38.6. The van der Waals surface area contributed by atoms with Crippen molar-refractivity contribution in [3.8, 4) is 28.6 Å². The Morgan fingerprint density at radius 1 is 0.648 bits per heavy atom. The fourth-order valence-electron chi connectivity index (χ4n) is 9.58. The molecule has 5 aromatic carbocycles. The molecule has 264 valence electrons. The van der Waals surface area contributed by atoms with E-state index in [4.69, 9.17) is 19.1 Å². The number of nitrogens with zero attached hydrogens (tertiary/aromatic N) is 3. The van der Waals surface area contributed by atoms with Crippen molar-refractivity contribution in [2.75, 3.05) is 0 Å². The van der Waals surface area contributed by atoms with Gasteiger partial charge in [-0.05, 0) is 115 Å². The van der Waals surface area contributed by atoms with Crippen molar-refractivity contribution < 1.29 is 9.15 Å². The van der Waals surface area contributed by atoms with Gasteiger partial charge in [0.25, 0.3) is 0 Å². The second-order valence-corrected chi connectivity index (χ2v) is 15.8. The Hall–Kier alpha value is -5.94. The second kappa shape index (κ2) is 12.3. The summed E-state index contributed by atoms with van der Waals surface area (Å²) in [5.41, 5.74) is 12.0. The first-order chi connectivity index (χ1) is 26.6. The molecule has 1 unspecified atom stereocenters. The molecule has 0 aliphatic heterocycles. The van der Waals surface area contributed by atoms with Crippen molar-refractivity contribution >= 4 is 54.6 Å². The normalized spacial score (nSPS) is 16.3. The fraction of sp³-hybridized carbons (Fsp3) is 0.224. The number of rotatable bonds is 5. The van der Waals surface area contributed by atoms with Crippen LogP contribution in [-0.2, 0) is 12.8 Å². The van der Waals surface area contributed by atoms with Crippen molar-refractivity contribution in [1.82, 2.24) is 14.5 Å². The Morgan fingerprint density at radius 3 is 2.35 bits per heavy atom. The maximum atomic E-state index is 6.85. The zero-order valence-electron chi connectivity index (χ0n) is 30.7. The van der Waals surface area contributed by atoms with Gasteiger partial charge in [-0.3, -0.25) is 9.55 Å². The second-order valence-electron chi connectivity index (χ2n) is 15.8. The van der Waals surface area contributed by atoms with Crippen LogP contribution in [0, 0.1) is 25.7 Å². The largest absolute Gasteiger partial charge is 0.455 e. The number of fused-ring (bicyclic) bond motifs is 9. The van der Waals surface area contributed by atoms with Gasteiger partial charge in [-0.25, -0.2) is 0 Å². The van der Waals surface area contributed by atoms with Crippen LogP contribution < -0.4 is 4.74 Å². The van der Waals surface area contributed by atoms with E-state index >= 15 is 0 Å². The van der Waals surface area contributed by atoms with Gasteiger partial charge in [0, 0.05) is 50.4 Å². The lowest BCUT2D eigenvalue weighted by Gasteiger charge is -2.27. The van der Waals surface area contributed by atoms with Crippen molar-refractivity contribution in [1.29, 1.82) is 0 Å². The summed E-state index contributed by atoms with van der Waals surface area (Å²) in [4.78, 5) is 10.3. The molecule has 0 amide bonds. The van der Waals surface area contributed by atoms with E-state index in [2.05, 4.69) is 128 Å². The number of pyridine rings is 2. The quantitative estimate of drug-likeness (QED) is 0.179. The van der Waals surface area contributed by atoms with E-state index in [1.165, 1.54) is 59.7 Å². The van der Waals surface area contributed by atoms with Crippen molar-refractivity contribution in [2.24, 2.45) is 11.8 Å². The van der Waals surface area contributed by atoms with Gasteiger partial charge in [0.2, 0.25) is 5.88 Å². The minimum atomic E-state index is 0.538. The predicted octanol–water partition coefficient (Wildman–Crippen LogP) is 13.0. The lowest BCUT2D eigenvalue weighted by atomic mass is 9.79. The maximum Gasteiger partial charge on any atom is 0.221 e. The molecule has 0 N–H and O–H groups in total. The highest BCUT2D eigenvalue weighted by Gasteiger charge is 2.30. The molecule has 2 aliphatic rings. The Bertz CT molecular complexity index is 2950. The highest BCUT2D eigenvalue weighted by atomic mass is 16.5. The molecule has 2 aliphatic carbocycles. The molecule has 5 nitrogen and oxygen atoms in total. The van der Waals surface area contributed by atoms with Crippen LogP contribution in [0.5, 0.6) is 11.6 Å². The number of para-hydroxylation sites is 1. The average Bonchev–Trinajstić information content (AvgIpc) is 3.91. The Kier molecular flexibility index (Phi) is 7.20. The minimum Gasteiger partial charge on any atom is -0.455 e. The average molecular weight is 704 g/mol. The van der Waals surface area contributed by atoms with Crippen molar-refractivity contribution in [3.63, 3.8) is 0 Å². The monoisotopic (exact) mass is 703 g/mol. The van der Waals surface area contributed by atoms with Gasteiger partial charge in [0.15, 0.2) is 0 Å². The predicted molar refractivity (Wildman–Crippen MR) is 220 cm³/mol. The van der Waals surface area contributed by atoms with Gasteiger partial charge in [-0.15, -0.1) is 0 Å². The molecule has 1 fully saturated rings. The number of aromatic nitrogens is 3. The van der Waals surface area contributed by atoms with Crippen LogP contribution >= 0.6 is 0 Å². The molecule has 5 heteroatoms. The third kappa shape index (κ3) is 5.05. The summed E-state index contributed by atoms with van der Waals surface area (Å²) in [7, 11) is 0. The standard InChI is InChI=1S/C49H41N3O2/c1-29-16-18-36(22-30(29)2)52-45-15-9-8-14-39(45)41-20-21-46(51-49(41)52)53-37-26-42-40-19-17-32-12-6-7-13-38(32)47(40)54-48(42)43(27-37)44-25-34-23-33(24-35(34)28-50-44)31-10-4-3-5-11-31/h6-9,12-22,25-28,31,33H,3-5,10-11,23-24H2,1-2H3. The summed E-state index contributed by atoms with van der Waals surface area (Å²) < 4.78 is 15.9. The molecular formula is C49H41N3O2. The number of aryl methyl sites for hydroxylation is 2. The summed E-state index contributed by atoms with van der Waals surface area (Å²) in [5.74, 6) is 2.80. The SMILES string of the molecule is Cc1ccc(-n2c3ccccc3c3ccc(Oc4cc(-c5cc6c(cn5)CC(C5CCCCC5)C6)c5oc6c7ccccc7ccc6c5c4)nc32)cc1C. The van der Waals surface area contributed by atoms with Crippen LogP contribution in [-0.4, -0.2) is 14.5 Å². The van der Waals surface area contributed by atoms with Crippen molar-refractivity contribution in [2.45, 2.75) is 58.8 Å².